The van der Waals surface area contributed by atoms with Crippen LogP contribution in [0.5, 0.6) is 0 Å². The van der Waals surface area contributed by atoms with Crippen LogP contribution in [0.15, 0.2) is 0 Å². The molecule has 0 aromatic heterocycles. The van der Waals surface area contributed by atoms with Crippen molar-refractivity contribution in [2.45, 2.75) is 91.1 Å². The van der Waals surface area contributed by atoms with Crippen LogP contribution in [0.1, 0.15) is 27.7 Å². The quantitative estimate of drug-likeness (QED) is 0.442. The van der Waals surface area contributed by atoms with E-state index in [1.54, 1.807) is 0 Å². The van der Waals surface area contributed by atoms with Crippen LogP contribution in [0, 0.1) is 0 Å². The molecule has 22 heavy (non-hydrogen) atoms. The Balaban J connectivity index is 5.61. The predicted molar refractivity (Wildman–Crippen MR) is 110 cm³/mol. The zero-order valence-corrected chi connectivity index (χ0v) is 19.7. The Kier molecular flexibility index (Phi) is 7.57. The summed E-state index contributed by atoms with van der Waals surface area (Å²) < 4.78 is 2.06. The van der Waals surface area contributed by atoms with E-state index in [2.05, 4.69) is 71.6 Å². The molecule has 0 aliphatic heterocycles. The van der Waals surface area contributed by atoms with Crippen LogP contribution in [0.2, 0.25) is 51.4 Å². The maximum atomic E-state index is 11.7. The van der Waals surface area contributed by atoms with Gasteiger partial charge >= 0.3 is 141 Å². The van der Waals surface area contributed by atoms with Crippen LogP contribution in [-0.2, 0) is 0 Å². The summed E-state index contributed by atoms with van der Waals surface area (Å²) in [7, 11) is -6.43. The van der Waals surface area contributed by atoms with Gasteiger partial charge in [0.1, 0.15) is 0 Å². The SMILES string of the molecule is CC(C)N(C(C)C)P(O)(O)(CC[Si](C)(C)C)CC[Si](C)(C)C. The second-order valence-electron chi connectivity index (χ2n) is 9.98. The van der Waals surface area contributed by atoms with E-state index in [1.165, 1.54) is 0 Å². The number of rotatable bonds is 9. The third-order valence-electron chi connectivity index (χ3n) is 4.23. The van der Waals surface area contributed by atoms with Gasteiger partial charge in [-0.3, -0.25) is 0 Å². The standard InChI is InChI=1S/C16H42NO2PSi2/c1-15(2)17(16(3)4)20(18,19,11-13-21(5,6)7)12-14-22(8,9)10/h15-16,18-19H,11-14H2,1-10H3. The average Bonchev–Trinajstić information content (AvgIpc) is 2.21. The van der Waals surface area contributed by atoms with Crippen LogP contribution in [-0.4, -0.2) is 55.0 Å². The molecule has 0 rings (SSSR count). The molecule has 0 spiro atoms. The molecular formula is C16H42NO2PSi2. The summed E-state index contributed by atoms with van der Waals surface area (Å²) in [5, 5.41) is 0. The first-order chi connectivity index (χ1) is 9.47. The third kappa shape index (κ3) is 7.54. The second kappa shape index (κ2) is 7.32. The summed E-state index contributed by atoms with van der Waals surface area (Å²) in [6, 6.07) is 2.30. The molecular weight excluding hydrogens is 325 g/mol. The van der Waals surface area contributed by atoms with Crippen molar-refractivity contribution in [3.05, 3.63) is 0 Å². The zero-order chi connectivity index (χ0) is 18.0. The van der Waals surface area contributed by atoms with E-state index in [0.29, 0.717) is 12.3 Å². The van der Waals surface area contributed by atoms with E-state index >= 15 is 0 Å². The Morgan fingerprint density at radius 2 is 1.00 bits per heavy atom. The third-order valence-corrected chi connectivity index (χ3v) is 12.8. The Hall–Kier alpha value is 0.744. The first-order valence-electron chi connectivity index (χ1n) is 8.77. The summed E-state index contributed by atoms with van der Waals surface area (Å²) >= 11 is 0. The van der Waals surface area contributed by atoms with Crippen molar-refractivity contribution in [2.75, 3.05) is 12.3 Å². The van der Waals surface area contributed by atoms with Crippen molar-refractivity contribution in [3.8, 4) is 0 Å². The summed E-state index contributed by atoms with van der Waals surface area (Å²) in [4.78, 5) is 23.3. The van der Waals surface area contributed by atoms with Crippen molar-refractivity contribution < 1.29 is 9.79 Å². The first kappa shape index (κ1) is 22.7. The number of nitrogens with zero attached hydrogens (tertiary/aromatic N) is 1. The van der Waals surface area contributed by atoms with Crippen LogP contribution in [0.4, 0.5) is 0 Å². The van der Waals surface area contributed by atoms with Gasteiger partial charge in [-0.15, -0.1) is 0 Å². The normalized spacial score (nSPS) is 16.4. The molecule has 0 unspecified atom stereocenters. The molecule has 0 aliphatic carbocycles. The van der Waals surface area contributed by atoms with Gasteiger partial charge in [0.15, 0.2) is 0 Å². The van der Waals surface area contributed by atoms with E-state index in [1.807, 2.05) is 0 Å². The first-order valence-corrected chi connectivity index (χ1v) is 18.6. The van der Waals surface area contributed by atoms with Crippen molar-refractivity contribution in [1.82, 2.24) is 4.67 Å². The Labute approximate surface area is 141 Å². The van der Waals surface area contributed by atoms with Gasteiger partial charge < -0.3 is 0 Å². The maximum absolute atomic E-state index is 11.7. The minimum atomic E-state index is -3.81. The molecule has 0 heterocycles. The molecule has 0 bridgehead atoms. The van der Waals surface area contributed by atoms with Gasteiger partial charge in [0, 0.05) is 0 Å². The van der Waals surface area contributed by atoms with Crippen molar-refractivity contribution in [3.63, 3.8) is 0 Å². The monoisotopic (exact) mass is 367 g/mol. The van der Waals surface area contributed by atoms with Gasteiger partial charge in [0.25, 0.3) is 0 Å². The summed E-state index contributed by atoms with van der Waals surface area (Å²) in [5.41, 5.74) is 0. The van der Waals surface area contributed by atoms with Crippen molar-refractivity contribution in [1.29, 1.82) is 0 Å². The molecule has 0 atom stereocenters. The molecule has 136 valence electrons. The van der Waals surface area contributed by atoms with Gasteiger partial charge in [0.2, 0.25) is 0 Å². The van der Waals surface area contributed by atoms with Crippen molar-refractivity contribution >= 4 is 23.4 Å². The van der Waals surface area contributed by atoms with E-state index in [-0.39, 0.29) is 12.1 Å². The van der Waals surface area contributed by atoms with Crippen molar-refractivity contribution in [2.24, 2.45) is 0 Å². The molecule has 0 aromatic carbocycles. The van der Waals surface area contributed by atoms with Crippen LogP contribution < -0.4 is 0 Å². The molecule has 3 nitrogen and oxygen atoms in total. The molecule has 0 saturated heterocycles. The Bertz CT molecular complexity index is 330. The predicted octanol–water partition coefficient (Wildman–Crippen LogP) is 5.06. The summed E-state index contributed by atoms with van der Waals surface area (Å²) in [6.07, 6.45) is 1.17. The molecule has 0 fully saturated rings. The van der Waals surface area contributed by atoms with Gasteiger partial charge in [0.05, 0.1) is 0 Å². The number of hydrogen-bond acceptors (Lipinski definition) is 3. The van der Waals surface area contributed by atoms with E-state index in [4.69, 9.17) is 0 Å². The van der Waals surface area contributed by atoms with Gasteiger partial charge in [-0.05, 0) is 0 Å². The Morgan fingerprint density at radius 3 is 1.18 bits per heavy atom. The van der Waals surface area contributed by atoms with Gasteiger partial charge in [-0.2, -0.15) is 0 Å². The van der Waals surface area contributed by atoms with Gasteiger partial charge in [-0.1, -0.05) is 0 Å². The molecule has 0 radical (unpaired) electrons. The van der Waals surface area contributed by atoms with E-state index < -0.39 is 23.4 Å². The van der Waals surface area contributed by atoms with Gasteiger partial charge in [-0.25, -0.2) is 0 Å². The molecule has 0 aromatic rings. The van der Waals surface area contributed by atoms with Crippen LogP contribution >= 0.6 is 7.21 Å². The van der Waals surface area contributed by atoms with Crippen LogP contribution in [0.3, 0.4) is 0 Å². The fourth-order valence-electron chi connectivity index (χ4n) is 3.13. The Morgan fingerprint density at radius 1 is 0.727 bits per heavy atom. The fraction of sp³-hybridized carbons (Fsp3) is 1.00. The number of hydrogen-bond donors (Lipinski definition) is 2. The summed E-state index contributed by atoms with van der Waals surface area (Å²) in [5.74, 6) is 0. The molecule has 0 amide bonds. The molecule has 0 saturated carbocycles. The fourth-order valence-corrected chi connectivity index (χ4v) is 15.0. The molecule has 0 aliphatic rings. The topological polar surface area (TPSA) is 43.7 Å². The van der Waals surface area contributed by atoms with Crippen LogP contribution in [0.25, 0.3) is 0 Å². The molecule has 2 N–H and O–H groups in total. The van der Waals surface area contributed by atoms with E-state index in [9.17, 15) is 9.79 Å². The average molecular weight is 368 g/mol. The minimum absolute atomic E-state index is 0.163. The van der Waals surface area contributed by atoms with E-state index in [0.717, 1.165) is 12.1 Å². The molecule has 6 heteroatoms. The second-order valence-corrected chi connectivity index (χ2v) is 25.3. The zero-order valence-electron chi connectivity index (χ0n) is 16.8. The summed E-state index contributed by atoms with van der Waals surface area (Å²) in [6.45, 7) is 22.3.